The molecule has 0 aromatic carbocycles. The van der Waals surface area contributed by atoms with Gasteiger partial charge in [0.2, 0.25) is 0 Å². The van der Waals surface area contributed by atoms with Gasteiger partial charge in [-0.05, 0) is 31.1 Å². The normalized spacial score (nSPS) is 37.4. The first-order valence-electron chi connectivity index (χ1n) is 5.11. The molecule has 0 aliphatic heterocycles. The first-order chi connectivity index (χ1) is 6.33. The SMILES string of the molecule is [CH2-][C@@H]1CCC[C@]12C=CCCC2.[Cl][Zn+]. The van der Waals surface area contributed by atoms with Crippen molar-refractivity contribution in [3.63, 3.8) is 0 Å². The summed E-state index contributed by atoms with van der Waals surface area (Å²) in [6, 6.07) is 0. The van der Waals surface area contributed by atoms with E-state index in [-0.39, 0.29) is 0 Å². The topological polar surface area (TPSA) is 0 Å². The van der Waals surface area contributed by atoms with Crippen LogP contribution in [0.5, 0.6) is 0 Å². The van der Waals surface area contributed by atoms with Gasteiger partial charge in [-0.15, -0.1) is 0 Å². The molecule has 0 aromatic heterocycles. The van der Waals surface area contributed by atoms with E-state index >= 15 is 0 Å². The summed E-state index contributed by atoms with van der Waals surface area (Å²) in [7, 11) is 4.76. The Balaban J connectivity index is 0.000000396. The van der Waals surface area contributed by atoms with Gasteiger partial charge in [0.1, 0.15) is 0 Å². The third-order valence-corrected chi connectivity index (χ3v) is 3.47. The number of halogens is 1. The van der Waals surface area contributed by atoms with E-state index in [9.17, 15) is 0 Å². The molecule has 0 nitrogen and oxygen atoms in total. The van der Waals surface area contributed by atoms with E-state index in [1.165, 1.54) is 38.5 Å². The predicted octanol–water partition coefficient (Wildman–Crippen LogP) is 4.03. The van der Waals surface area contributed by atoms with Gasteiger partial charge in [0.25, 0.3) is 0 Å². The number of rotatable bonds is 0. The zero-order valence-corrected chi connectivity index (χ0v) is 12.0. The molecular formula is C11H17ClZn. The molecule has 13 heavy (non-hydrogen) atoms. The van der Waals surface area contributed by atoms with Crippen molar-refractivity contribution in [1.82, 2.24) is 0 Å². The van der Waals surface area contributed by atoms with E-state index in [0.29, 0.717) is 11.3 Å². The molecule has 2 heteroatoms. The van der Waals surface area contributed by atoms with Crippen LogP contribution in [0.3, 0.4) is 0 Å². The minimum atomic E-state index is 0.540. The van der Waals surface area contributed by atoms with Crippen molar-refractivity contribution in [1.29, 1.82) is 0 Å². The molecule has 1 fully saturated rings. The standard InChI is InChI=1S/C11H17.ClH.Zn/c1-10-6-5-9-11(10)7-3-2-4-8-11;;/h3,7,10H,1-2,4-6,8-9H2;1H;/q-1;;+2/p-1/t10-,11-;;/m1../s1. The van der Waals surface area contributed by atoms with Crippen LogP contribution in [0.4, 0.5) is 0 Å². The van der Waals surface area contributed by atoms with Gasteiger partial charge in [0, 0.05) is 0 Å². The van der Waals surface area contributed by atoms with E-state index in [2.05, 4.69) is 19.1 Å². The molecule has 2 aliphatic rings. The molecule has 0 saturated heterocycles. The molecule has 0 unspecified atom stereocenters. The quantitative estimate of drug-likeness (QED) is 0.346. The first kappa shape index (κ1) is 11.7. The molecule has 0 heterocycles. The predicted molar refractivity (Wildman–Crippen MR) is 54.0 cm³/mol. The molecular weight excluding hydrogens is 233 g/mol. The van der Waals surface area contributed by atoms with Gasteiger partial charge in [-0.3, -0.25) is 0 Å². The van der Waals surface area contributed by atoms with Gasteiger partial charge in [0.15, 0.2) is 0 Å². The van der Waals surface area contributed by atoms with Gasteiger partial charge in [0.05, 0.1) is 0 Å². The molecule has 2 aliphatic carbocycles. The van der Waals surface area contributed by atoms with Gasteiger partial charge < -0.3 is 6.92 Å². The third kappa shape index (κ3) is 2.57. The first-order valence-corrected chi connectivity index (χ1v) is 9.01. The van der Waals surface area contributed by atoms with Crippen LogP contribution in [0, 0.1) is 18.3 Å². The van der Waals surface area contributed by atoms with Crippen LogP contribution < -0.4 is 0 Å². The third-order valence-electron chi connectivity index (χ3n) is 3.47. The molecule has 0 amide bonds. The maximum absolute atomic E-state index is 4.76. The average Bonchev–Trinajstić information content (AvgIpc) is 2.53. The van der Waals surface area contributed by atoms with Crippen LogP contribution in [-0.4, -0.2) is 0 Å². The van der Waals surface area contributed by atoms with E-state index in [0.717, 1.165) is 17.3 Å². The molecule has 0 N–H and O–H groups in total. The summed E-state index contributed by atoms with van der Waals surface area (Å²) >= 11 is 0.847. The molecule has 2 rings (SSSR count). The zero-order chi connectivity index (χ0) is 9.73. The molecule has 1 spiro atoms. The molecule has 0 bridgehead atoms. The average molecular weight is 250 g/mol. The van der Waals surface area contributed by atoms with Gasteiger partial charge in [-0.2, -0.15) is 5.92 Å². The Morgan fingerprint density at radius 2 is 2.00 bits per heavy atom. The number of hydrogen-bond acceptors (Lipinski definition) is 0. The molecule has 2 atom stereocenters. The Labute approximate surface area is 95.8 Å². The maximum atomic E-state index is 4.76. The minimum absolute atomic E-state index is 0.540. The number of allylic oxidation sites excluding steroid dienone is 2. The number of hydrogen-bond donors (Lipinski definition) is 0. The fraction of sp³-hybridized carbons (Fsp3) is 0.727. The van der Waals surface area contributed by atoms with Crippen LogP contribution in [0.25, 0.3) is 0 Å². The van der Waals surface area contributed by atoms with Gasteiger partial charge >= 0.3 is 27.0 Å². The summed E-state index contributed by atoms with van der Waals surface area (Å²) in [5.74, 6) is 0.707. The summed E-state index contributed by atoms with van der Waals surface area (Å²) in [5.41, 5.74) is 0.540. The van der Waals surface area contributed by atoms with Crippen LogP contribution in [0.1, 0.15) is 38.5 Å². The van der Waals surface area contributed by atoms with Crippen molar-refractivity contribution in [2.75, 3.05) is 0 Å². The van der Waals surface area contributed by atoms with E-state index < -0.39 is 0 Å². The Kier molecular flexibility index (Phi) is 4.97. The van der Waals surface area contributed by atoms with Crippen LogP contribution in [0.2, 0.25) is 0 Å². The Morgan fingerprint density at radius 3 is 2.46 bits per heavy atom. The van der Waals surface area contributed by atoms with E-state index in [4.69, 9.17) is 9.69 Å². The fourth-order valence-corrected chi connectivity index (χ4v) is 2.67. The van der Waals surface area contributed by atoms with E-state index in [1.807, 2.05) is 0 Å². The van der Waals surface area contributed by atoms with Crippen molar-refractivity contribution in [3.8, 4) is 0 Å². The molecule has 0 aromatic rings. The van der Waals surface area contributed by atoms with Crippen LogP contribution in [0.15, 0.2) is 12.2 Å². The Morgan fingerprint density at radius 1 is 1.31 bits per heavy atom. The monoisotopic (exact) mass is 248 g/mol. The second-order valence-electron chi connectivity index (χ2n) is 4.12. The van der Waals surface area contributed by atoms with Gasteiger partial charge in [-0.25, -0.2) is 0 Å². The summed E-state index contributed by atoms with van der Waals surface area (Å²) in [4.78, 5) is 0. The second kappa shape index (κ2) is 5.51. The fourth-order valence-electron chi connectivity index (χ4n) is 2.67. The summed E-state index contributed by atoms with van der Waals surface area (Å²) < 4.78 is 0. The van der Waals surface area contributed by atoms with Crippen LogP contribution in [-0.2, 0) is 17.3 Å². The van der Waals surface area contributed by atoms with Crippen molar-refractivity contribution in [3.05, 3.63) is 19.1 Å². The van der Waals surface area contributed by atoms with Gasteiger partial charge in [-0.1, -0.05) is 25.0 Å². The van der Waals surface area contributed by atoms with Crippen molar-refractivity contribution < 1.29 is 17.3 Å². The summed E-state index contributed by atoms with van der Waals surface area (Å²) in [5, 5.41) is 0. The second-order valence-corrected chi connectivity index (χ2v) is 4.12. The Bertz CT molecular complexity index is 179. The van der Waals surface area contributed by atoms with Crippen LogP contribution >= 0.6 is 9.69 Å². The molecule has 0 radical (unpaired) electrons. The van der Waals surface area contributed by atoms with Crippen molar-refractivity contribution in [2.24, 2.45) is 11.3 Å². The zero-order valence-electron chi connectivity index (χ0n) is 8.27. The van der Waals surface area contributed by atoms with Crippen molar-refractivity contribution in [2.45, 2.75) is 38.5 Å². The molecule has 1 saturated carbocycles. The Hall–Kier alpha value is 0.653. The molecule has 70 valence electrons. The van der Waals surface area contributed by atoms with Crippen molar-refractivity contribution >= 4 is 9.69 Å². The van der Waals surface area contributed by atoms with E-state index in [1.54, 1.807) is 0 Å². The summed E-state index contributed by atoms with van der Waals surface area (Å²) in [6.45, 7) is 4.26. The summed E-state index contributed by atoms with van der Waals surface area (Å²) in [6.07, 6.45) is 13.1.